The fourth-order valence-corrected chi connectivity index (χ4v) is 2.30. The van der Waals surface area contributed by atoms with Crippen LogP contribution in [0.2, 0.25) is 0 Å². The fraction of sp³-hybridized carbons (Fsp3) is 0. The molecule has 7 heteroatoms. The lowest BCUT2D eigenvalue weighted by Crippen LogP contribution is -1.84. The van der Waals surface area contributed by atoms with Crippen molar-refractivity contribution in [1.82, 2.24) is 9.97 Å². The number of hydrogen-bond donors (Lipinski definition) is 1. The van der Waals surface area contributed by atoms with Gasteiger partial charge in [0.2, 0.25) is 0 Å². The zero-order valence-electron chi connectivity index (χ0n) is 15.1. The number of aromatic hydroxyl groups is 1. The third-order valence-corrected chi connectivity index (χ3v) is 4.06. The molecule has 0 amide bonds. The first kappa shape index (κ1) is 22.5. The standard InChI is InChI=1S/C11H8BrNO.C6H6O.C5H3BrFN/c12-11-7-6-10(8-13-11)14-9-4-2-1-3-5-9;7-6-4-2-1-3-5-6;6-5-2-1-4(7)3-8-5/h1-8H;1-5,7H;1-3H. The molecule has 0 bridgehead atoms. The molecule has 148 valence electrons. The summed E-state index contributed by atoms with van der Waals surface area (Å²) < 4.78 is 19.0. The van der Waals surface area contributed by atoms with E-state index in [4.69, 9.17) is 9.84 Å². The van der Waals surface area contributed by atoms with Crippen molar-refractivity contribution in [2.24, 2.45) is 0 Å². The molecule has 4 rings (SSSR count). The van der Waals surface area contributed by atoms with E-state index in [2.05, 4.69) is 41.8 Å². The van der Waals surface area contributed by atoms with Crippen LogP contribution in [0.5, 0.6) is 17.2 Å². The van der Waals surface area contributed by atoms with Crippen molar-refractivity contribution in [2.45, 2.75) is 0 Å². The van der Waals surface area contributed by atoms with Crippen molar-refractivity contribution in [3.05, 3.63) is 112 Å². The molecule has 2 aromatic carbocycles. The predicted molar refractivity (Wildman–Crippen MR) is 118 cm³/mol. The zero-order valence-corrected chi connectivity index (χ0v) is 18.3. The summed E-state index contributed by atoms with van der Waals surface area (Å²) in [5.74, 6) is 1.56. The van der Waals surface area contributed by atoms with E-state index in [-0.39, 0.29) is 5.82 Å². The van der Waals surface area contributed by atoms with Crippen molar-refractivity contribution < 1.29 is 14.2 Å². The van der Waals surface area contributed by atoms with Gasteiger partial charge in [-0.25, -0.2) is 14.4 Å². The van der Waals surface area contributed by atoms with Gasteiger partial charge in [-0.3, -0.25) is 0 Å². The normalized spacial score (nSPS) is 9.34. The number of phenolic OH excluding ortho intramolecular Hbond substituents is 1. The Balaban J connectivity index is 0.000000170. The first-order valence-electron chi connectivity index (χ1n) is 8.38. The minimum atomic E-state index is -0.312. The first-order chi connectivity index (χ1) is 14.0. The van der Waals surface area contributed by atoms with Crippen molar-refractivity contribution >= 4 is 31.9 Å². The molecule has 0 saturated heterocycles. The highest BCUT2D eigenvalue weighted by Crippen LogP contribution is 2.20. The average Bonchev–Trinajstić information content (AvgIpc) is 2.74. The number of ether oxygens (including phenoxy) is 1. The van der Waals surface area contributed by atoms with Crippen LogP contribution in [0, 0.1) is 5.82 Å². The van der Waals surface area contributed by atoms with Gasteiger partial charge in [-0.2, -0.15) is 0 Å². The van der Waals surface area contributed by atoms with Crippen LogP contribution in [0.3, 0.4) is 0 Å². The molecule has 1 N–H and O–H groups in total. The lowest BCUT2D eigenvalue weighted by molar-refractivity contribution is 0.475. The highest BCUT2D eigenvalue weighted by molar-refractivity contribution is 9.10. The Morgan fingerprint density at radius 3 is 1.62 bits per heavy atom. The number of phenols is 1. The number of pyridine rings is 2. The van der Waals surface area contributed by atoms with Crippen LogP contribution in [0.25, 0.3) is 0 Å². The Morgan fingerprint density at radius 1 is 0.655 bits per heavy atom. The number of rotatable bonds is 2. The first-order valence-corrected chi connectivity index (χ1v) is 9.97. The van der Waals surface area contributed by atoms with E-state index in [1.807, 2.05) is 48.5 Å². The van der Waals surface area contributed by atoms with Crippen LogP contribution >= 0.6 is 31.9 Å². The van der Waals surface area contributed by atoms with Gasteiger partial charge in [0.15, 0.2) is 0 Å². The average molecular weight is 520 g/mol. The Kier molecular flexibility index (Phi) is 9.82. The lowest BCUT2D eigenvalue weighted by Gasteiger charge is -2.03. The van der Waals surface area contributed by atoms with Gasteiger partial charge in [0.25, 0.3) is 0 Å². The molecule has 4 nitrogen and oxygen atoms in total. The van der Waals surface area contributed by atoms with Crippen molar-refractivity contribution in [3.63, 3.8) is 0 Å². The summed E-state index contributed by atoms with van der Waals surface area (Å²) in [6.07, 6.45) is 2.83. The van der Waals surface area contributed by atoms with Gasteiger partial charge in [-0.05, 0) is 80.4 Å². The molecule has 0 unspecified atom stereocenters. The van der Waals surface area contributed by atoms with Gasteiger partial charge in [0.1, 0.15) is 32.3 Å². The molecular formula is C22H17Br2FN2O2. The van der Waals surface area contributed by atoms with Crippen LogP contribution < -0.4 is 4.74 Å². The monoisotopic (exact) mass is 518 g/mol. The van der Waals surface area contributed by atoms with Crippen LogP contribution in [0.15, 0.2) is 107 Å². The van der Waals surface area contributed by atoms with E-state index in [0.29, 0.717) is 10.4 Å². The van der Waals surface area contributed by atoms with Gasteiger partial charge in [0, 0.05) is 0 Å². The maximum absolute atomic E-state index is 12.0. The molecule has 0 aliphatic carbocycles. The number of nitrogens with zero attached hydrogens (tertiary/aromatic N) is 2. The summed E-state index contributed by atoms with van der Waals surface area (Å²) in [4.78, 5) is 7.69. The van der Waals surface area contributed by atoms with E-state index in [9.17, 15) is 4.39 Å². The summed E-state index contributed by atoms with van der Waals surface area (Å²) in [6.45, 7) is 0. The minimum absolute atomic E-state index is 0.312. The molecule has 2 heterocycles. The van der Waals surface area contributed by atoms with Gasteiger partial charge < -0.3 is 9.84 Å². The Morgan fingerprint density at radius 2 is 1.21 bits per heavy atom. The number of benzene rings is 2. The Labute approximate surface area is 185 Å². The number of aromatic nitrogens is 2. The predicted octanol–water partition coefficient (Wildman–Crippen LogP) is 7.01. The van der Waals surface area contributed by atoms with Gasteiger partial charge >= 0.3 is 0 Å². The third kappa shape index (κ3) is 9.82. The number of hydrogen-bond acceptors (Lipinski definition) is 4. The second-order valence-electron chi connectivity index (χ2n) is 5.37. The van der Waals surface area contributed by atoms with Crippen LogP contribution in [0.4, 0.5) is 4.39 Å². The van der Waals surface area contributed by atoms with E-state index in [1.54, 1.807) is 36.5 Å². The molecule has 0 fully saturated rings. The summed E-state index contributed by atoms with van der Waals surface area (Å²) in [7, 11) is 0. The summed E-state index contributed by atoms with van der Waals surface area (Å²) in [6, 6.07) is 24.9. The van der Waals surface area contributed by atoms with Gasteiger partial charge in [-0.1, -0.05) is 36.4 Å². The molecule has 0 spiro atoms. The van der Waals surface area contributed by atoms with Crippen LogP contribution in [-0.2, 0) is 0 Å². The molecule has 0 aliphatic heterocycles. The smallest absolute Gasteiger partial charge is 0.145 e. The lowest BCUT2D eigenvalue weighted by atomic mass is 10.3. The third-order valence-electron chi connectivity index (χ3n) is 3.13. The Bertz CT molecular complexity index is 934. The van der Waals surface area contributed by atoms with E-state index in [1.165, 1.54) is 6.07 Å². The molecule has 4 aromatic rings. The molecular weight excluding hydrogens is 503 g/mol. The van der Waals surface area contributed by atoms with Crippen molar-refractivity contribution in [2.75, 3.05) is 0 Å². The highest BCUT2D eigenvalue weighted by atomic mass is 79.9. The largest absolute Gasteiger partial charge is 0.508 e. The van der Waals surface area contributed by atoms with Gasteiger partial charge in [0.05, 0.1) is 12.4 Å². The summed E-state index contributed by atoms with van der Waals surface area (Å²) in [5.41, 5.74) is 0. The van der Waals surface area contributed by atoms with Crippen molar-refractivity contribution in [3.8, 4) is 17.2 Å². The molecule has 0 aliphatic rings. The van der Waals surface area contributed by atoms with Crippen molar-refractivity contribution in [1.29, 1.82) is 0 Å². The maximum Gasteiger partial charge on any atom is 0.145 e. The van der Waals surface area contributed by atoms with E-state index >= 15 is 0 Å². The zero-order chi connectivity index (χ0) is 20.9. The van der Waals surface area contributed by atoms with Crippen LogP contribution in [0.1, 0.15) is 0 Å². The Hall–Kier alpha value is -2.77. The molecule has 0 radical (unpaired) electrons. The summed E-state index contributed by atoms with van der Waals surface area (Å²) in [5, 5.41) is 8.63. The summed E-state index contributed by atoms with van der Waals surface area (Å²) >= 11 is 6.33. The maximum atomic E-state index is 12.0. The molecule has 0 saturated carbocycles. The SMILES string of the molecule is Brc1ccc(Oc2ccccc2)cn1.Fc1ccc(Br)nc1.Oc1ccccc1. The number of halogens is 3. The van der Waals surface area contributed by atoms with E-state index in [0.717, 1.165) is 22.3 Å². The second-order valence-corrected chi connectivity index (χ2v) is 6.99. The number of para-hydroxylation sites is 2. The minimum Gasteiger partial charge on any atom is -0.508 e. The quantitative estimate of drug-likeness (QED) is 0.289. The topological polar surface area (TPSA) is 55.2 Å². The van der Waals surface area contributed by atoms with Gasteiger partial charge in [-0.15, -0.1) is 0 Å². The highest BCUT2D eigenvalue weighted by Gasteiger charge is 1.95. The fourth-order valence-electron chi connectivity index (χ4n) is 1.83. The van der Waals surface area contributed by atoms with Crippen LogP contribution in [-0.4, -0.2) is 15.1 Å². The molecule has 29 heavy (non-hydrogen) atoms. The molecule has 0 atom stereocenters. The molecule has 2 aromatic heterocycles. The van der Waals surface area contributed by atoms with E-state index < -0.39 is 0 Å². The second kappa shape index (κ2) is 12.6.